The molecule has 0 saturated heterocycles. The third kappa shape index (κ3) is 6.80. The highest BCUT2D eigenvalue weighted by atomic mass is 16.5. The first-order chi connectivity index (χ1) is 19.4. The SMILES string of the molecule is COc1cc(C(=O)c2cnc(-c3c[nH]c4ccccc34)[nH]2)cc(OC)c1OC.O=C(O)CC(O)(CC(=O)O)C(=O)O. The van der Waals surface area contributed by atoms with Gasteiger partial charge in [0.05, 0.1) is 40.4 Å². The molecular formula is C27H27N3O11. The second-order valence-electron chi connectivity index (χ2n) is 8.61. The highest BCUT2D eigenvalue weighted by Gasteiger charge is 2.40. The van der Waals surface area contributed by atoms with Crippen LogP contribution in [0.5, 0.6) is 17.2 Å². The summed E-state index contributed by atoms with van der Waals surface area (Å²) >= 11 is 0. The van der Waals surface area contributed by atoms with E-state index in [4.69, 9.17) is 34.6 Å². The van der Waals surface area contributed by atoms with Crippen LogP contribution < -0.4 is 14.2 Å². The summed E-state index contributed by atoms with van der Waals surface area (Å²) in [6, 6.07) is 11.2. The summed E-state index contributed by atoms with van der Waals surface area (Å²) in [6.45, 7) is 0. The van der Waals surface area contributed by atoms with Crippen molar-refractivity contribution in [3.8, 4) is 28.6 Å². The summed E-state index contributed by atoms with van der Waals surface area (Å²) in [5.74, 6) is -3.35. The van der Waals surface area contributed by atoms with E-state index in [1.807, 2.05) is 30.5 Å². The van der Waals surface area contributed by atoms with Gasteiger partial charge in [-0.05, 0) is 18.2 Å². The molecule has 0 unspecified atom stereocenters. The van der Waals surface area contributed by atoms with Gasteiger partial charge in [0.1, 0.15) is 11.5 Å². The number of imidazole rings is 1. The standard InChI is InChI=1S/C21H19N3O4.C6H8O7/c1-26-17-8-12(9-18(27-2)20(17)28-3)19(25)16-11-23-21(24-16)14-10-22-15-7-5-4-6-13(14)15;7-3(8)1-6(13,5(11)12)2-4(9)10/h4-11,22H,1-3H3,(H,23,24);13H,1-2H2,(H,7,8)(H,9,10)(H,11,12). The third-order valence-corrected chi connectivity index (χ3v) is 5.88. The topological polar surface area (TPSA) is 221 Å². The molecule has 6 N–H and O–H groups in total. The van der Waals surface area contributed by atoms with Crippen LogP contribution in [0.25, 0.3) is 22.3 Å². The Kier molecular flexibility index (Phi) is 9.31. The van der Waals surface area contributed by atoms with E-state index in [-0.39, 0.29) is 5.78 Å². The summed E-state index contributed by atoms with van der Waals surface area (Å²) in [6.07, 6.45) is 1.11. The third-order valence-electron chi connectivity index (χ3n) is 5.88. The molecule has 0 radical (unpaired) electrons. The zero-order valence-corrected chi connectivity index (χ0v) is 22.1. The number of carbonyl (C=O) groups is 4. The Morgan fingerprint density at radius 2 is 1.49 bits per heavy atom. The minimum absolute atomic E-state index is 0.224. The maximum absolute atomic E-state index is 13.0. The average Bonchev–Trinajstić information content (AvgIpc) is 3.58. The van der Waals surface area contributed by atoms with Gasteiger partial charge >= 0.3 is 17.9 Å². The number of carboxylic acid groups (broad SMARTS) is 3. The van der Waals surface area contributed by atoms with Crippen LogP contribution in [-0.4, -0.2) is 86.0 Å². The number of benzene rings is 2. The molecule has 41 heavy (non-hydrogen) atoms. The highest BCUT2D eigenvalue weighted by molar-refractivity contribution is 6.09. The Labute approximate surface area is 232 Å². The first-order valence-electron chi connectivity index (χ1n) is 11.8. The summed E-state index contributed by atoms with van der Waals surface area (Å²) in [5, 5.41) is 34.8. The van der Waals surface area contributed by atoms with Crippen LogP contribution in [0.1, 0.15) is 28.9 Å². The van der Waals surface area contributed by atoms with Crippen LogP contribution in [0.3, 0.4) is 0 Å². The van der Waals surface area contributed by atoms with Crippen molar-refractivity contribution in [1.29, 1.82) is 0 Å². The van der Waals surface area contributed by atoms with E-state index in [9.17, 15) is 19.2 Å². The molecule has 0 fully saturated rings. The molecule has 0 aliphatic rings. The minimum atomic E-state index is -2.74. The lowest BCUT2D eigenvalue weighted by Gasteiger charge is -2.18. The van der Waals surface area contributed by atoms with E-state index in [1.165, 1.54) is 27.5 Å². The fraction of sp³-hybridized carbons (Fsp3) is 0.222. The molecule has 0 spiro atoms. The van der Waals surface area contributed by atoms with E-state index < -0.39 is 36.4 Å². The Bertz CT molecular complexity index is 1550. The van der Waals surface area contributed by atoms with Crippen molar-refractivity contribution < 1.29 is 53.8 Å². The molecule has 2 aromatic heterocycles. The molecule has 4 rings (SSSR count). The van der Waals surface area contributed by atoms with Crippen LogP contribution in [0.15, 0.2) is 48.8 Å². The van der Waals surface area contributed by atoms with Gasteiger partial charge in [0.2, 0.25) is 11.5 Å². The minimum Gasteiger partial charge on any atom is -0.493 e. The van der Waals surface area contributed by atoms with Gasteiger partial charge in [-0.25, -0.2) is 9.78 Å². The zero-order valence-electron chi connectivity index (χ0n) is 22.1. The van der Waals surface area contributed by atoms with Crippen molar-refractivity contribution in [1.82, 2.24) is 15.0 Å². The maximum Gasteiger partial charge on any atom is 0.336 e. The van der Waals surface area contributed by atoms with E-state index >= 15 is 0 Å². The Balaban J connectivity index is 0.000000302. The van der Waals surface area contributed by atoms with Crippen LogP contribution in [0.2, 0.25) is 0 Å². The number of aliphatic carboxylic acids is 3. The number of hydrogen-bond donors (Lipinski definition) is 6. The summed E-state index contributed by atoms with van der Waals surface area (Å²) in [4.78, 5) is 54.2. The number of para-hydroxylation sites is 1. The first-order valence-corrected chi connectivity index (χ1v) is 11.8. The van der Waals surface area contributed by atoms with E-state index in [2.05, 4.69) is 15.0 Å². The zero-order chi connectivity index (χ0) is 30.3. The number of aromatic nitrogens is 3. The molecule has 0 atom stereocenters. The monoisotopic (exact) mass is 569 g/mol. The van der Waals surface area contributed by atoms with Crippen molar-refractivity contribution in [2.45, 2.75) is 18.4 Å². The van der Waals surface area contributed by atoms with Crippen LogP contribution in [0, 0.1) is 0 Å². The first kappa shape index (κ1) is 30.2. The molecule has 0 bridgehead atoms. The molecule has 14 heteroatoms. The van der Waals surface area contributed by atoms with Crippen molar-refractivity contribution in [3.05, 3.63) is 60.0 Å². The van der Waals surface area contributed by atoms with Crippen molar-refractivity contribution >= 4 is 34.6 Å². The van der Waals surface area contributed by atoms with E-state index in [1.54, 1.807) is 12.1 Å². The van der Waals surface area contributed by atoms with Crippen LogP contribution in [-0.2, 0) is 14.4 Å². The van der Waals surface area contributed by atoms with Gasteiger partial charge in [0, 0.05) is 28.2 Å². The molecule has 2 aromatic carbocycles. The summed E-state index contributed by atoms with van der Waals surface area (Å²) < 4.78 is 16.0. The number of hydrogen-bond acceptors (Lipinski definition) is 9. The Morgan fingerprint density at radius 1 is 0.902 bits per heavy atom. The number of fused-ring (bicyclic) bond motifs is 1. The van der Waals surface area contributed by atoms with E-state index in [0.717, 1.165) is 16.5 Å². The van der Waals surface area contributed by atoms with Gasteiger partial charge in [0.25, 0.3) is 0 Å². The number of nitrogens with one attached hydrogen (secondary N) is 2. The number of ether oxygens (including phenoxy) is 3. The van der Waals surface area contributed by atoms with Gasteiger partial charge in [-0.3, -0.25) is 14.4 Å². The second kappa shape index (κ2) is 12.7. The fourth-order valence-corrected chi connectivity index (χ4v) is 3.92. The number of carbonyl (C=O) groups excluding carboxylic acids is 1. The number of rotatable bonds is 11. The number of aliphatic hydroxyl groups is 1. The molecule has 2 heterocycles. The number of carboxylic acids is 3. The smallest absolute Gasteiger partial charge is 0.336 e. The van der Waals surface area contributed by atoms with Gasteiger partial charge in [0.15, 0.2) is 17.1 Å². The maximum atomic E-state index is 13.0. The molecule has 0 aliphatic heterocycles. The van der Waals surface area contributed by atoms with Crippen molar-refractivity contribution in [2.75, 3.05) is 21.3 Å². The lowest BCUT2D eigenvalue weighted by Crippen LogP contribution is -2.42. The second-order valence-corrected chi connectivity index (χ2v) is 8.61. The summed E-state index contributed by atoms with van der Waals surface area (Å²) in [7, 11) is 4.54. The number of aromatic amines is 2. The molecular weight excluding hydrogens is 542 g/mol. The van der Waals surface area contributed by atoms with Gasteiger partial charge < -0.3 is 44.6 Å². The quantitative estimate of drug-likeness (QED) is 0.143. The molecule has 0 amide bonds. The normalized spacial score (nSPS) is 10.8. The van der Waals surface area contributed by atoms with Gasteiger partial charge in [-0.2, -0.15) is 0 Å². The number of H-pyrrole nitrogens is 2. The van der Waals surface area contributed by atoms with Crippen molar-refractivity contribution in [2.24, 2.45) is 0 Å². The Hall–Kier alpha value is -5.37. The Morgan fingerprint density at radius 3 is 2.00 bits per heavy atom. The van der Waals surface area contributed by atoms with Crippen molar-refractivity contribution in [3.63, 3.8) is 0 Å². The van der Waals surface area contributed by atoms with Gasteiger partial charge in [-0.15, -0.1) is 0 Å². The predicted molar refractivity (Wildman–Crippen MR) is 143 cm³/mol. The van der Waals surface area contributed by atoms with Gasteiger partial charge in [-0.1, -0.05) is 18.2 Å². The van der Waals surface area contributed by atoms with Crippen LogP contribution >= 0.6 is 0 Å². The summed E-state index contributed by atoms with van der Waals surface area (Å²) in [5.41, 5.74) is -0.0540. The lowest BCUT2D eigenvalue weighted by atomic mass is 9.96. The molecule has 14 nitrogen and oxygen atoms in total. The number of nitrogens with zero attached hydrogens (tertiary/aromatic N) is 1. The molecule has 216 valence electrons. The predicted octanol–water partition coefficient (Wildman–Crippen LogP) is 2.57. The van der Waals surface area contributed by atoms with E-state index in [0.29, 0.717) is 34.3 Å². The highest BCUT2D eigenvalue weighted by Crippen LogP contribution is 2.38. The number of ketones is 1. The van der Waals surface area contributed by atoms with Crippen LogP contribution in [0.4, 0.5) is 0 Å². The fourth-order valence-electron chi connectivity index (χ4n) is 3.92. The average molecular weight is 570 g/mol. The largest absolute Gasteiger partial charge is 0.493 e. The molecule has 4 aromatic rings. The molecule has 0 aliphatic carbocycles. The number of methoxy groups -OCH3 is 3. The lowest BCUT2D eigenvalue weighted by molar-refractivity contribution is -0.170. The molecule has 0 saturated carbocycles.